The van der Waals surface area contributed by atoms with Crippen LogP contribution in [0.15, 0.2) is 36.7 Å². The first-order valence-corrected chi connectivity index (χ1v) is 8.99. The van der Waals surface area contributed by atoms with Crippen molar-refractivity contribution in [2.75, 3.05) is 41.8 Å². The molecule has 1 aliphatic heterocycles. The van der Waals surface area contributed by atoms with Crippen LogP contribution in [-0.2, 0) is 4.79 Å². The summed E-state index contributed by atoms with van der Waals surface area (Å²) in [5.41, 5.74) is 0.688. The normalized spacial score (nSPS) is 17.0. The molecule has 7 nitrogen and oxygen atoms in total. The first-order valence-electron chi connectivity index (χ1n) is 8.61. The summed E-state index contributed by atoms with van der Waals surface area (Å²) in [6, 6.07) is 8.77. The molecule has 0 aliphatic carbocycles. The SMILES string of the molecule is O=C(CNc1cc(N2CCCC(CO)C2)ncn1)Nc1ccc(Cl)cc1. The van der Waals surface area contributed by atoms with Gasteiger partial charge in [0.15, 0.2) is 0 Å². The lowest BCUT2D eigenvalue weighted by Gasteiger charge is -2.32. The molecule has 2 heterocycles. The number of nitrogens with one attached hydrogen (secondary N) is 2. The van der Waals surface area contributed by atoms with E-state index in [1.54, 1.807) is 24.3 Å². The number of rotatable bonds is 6. The highest BCUT2D eigenvalue weighted by Gasteiger charge is 2.20. The molecule has 1 aliphatic rings. The Bertz CT molecular complexity index is 741. The van der Waals surface area contributed by atoms with E-state index in [0.717, 1.165) is 31.7 Å². The number of hydrogen-bond donors (Lipinski definition) is 3. The molecule has 3 rings (SSSR count). The summed E-state index contributed by atoms with van der Waals surface area (Å²) in [5, 5.41) is 15.8. The Morgan fingerprint density at radius 2 is 2.12 bits per heavy atom. The van der Waals surface area contributed by atoms with Gasteiger partial charge in [-0.1, -0.05) is 11.6 Å². The topological polar surface area (TPSA) is 90.4 Å². The number of hydrogen-bond acceptors (Lipinski definition) is 6. The van der Waals surface area contributed by atoms with Gasteiger partial charge < -0.3 is 20.6 Å². The van der Waals surface area contributed by atoms with Gasteiger partial charge in [0.05, 0.1) is 6.54 Å². The second-order valence-electron chi connectivity index (χ2n) is 6.31. The third-order valence-electron chi connectivity index (χ3n) is 4.31. The Balaban J connectivity index is 1.55. The molecule has 1 saturated heterocycles. The molecule has 3 N–H and O–H groups in total. The molecular formula is C18H22ClN5O2. The molecule has 0 saturated carbocycles. The smallest absolute Gasteiger partial charge is 0.243 e. The highest BCUT2D eigenvalue weighted by atomic mass is 35.5. The van der Waals surface area contributed by atoms with E-state index in [-0.39, 0.29) is 25.0 Å². The molecule has 1 amide bonds. The molecule has 0 spiro atoms. The highest BCUT2D eigenvalue weighted by Crippen LogP contribution is 2.22. The minimum absolute atomic E-state index is 0.0956. The Hall–Kier alpha value is -2.38. The van der Waals surface area contributed by atoms with Gasteiger partial charge in [0.25, 0.3) is 0 Å². The maximum atomic E-state index is 12.1. The van der Waals surface area contributed by atoms with E-state index in [2.05, 4.69) is 25.5 Å². The van der Waals surface area contributed by atoms with Gasteiger partial charge in [0.2, 0.25) is 5.91 Å². The summed E-state index contributed by atoms with van der Waals surface area (Å²) in [6.45, 7) is 1.98. The first kappa shape index (κ1) is 18.4. The summed E-state index contributed by atoms with van der Waals surface area (Å²) in [7, 11) is 0. The molecule has 26 heavy (non-hydrogen) atoms. The fraction of sp³-hybridized carbons (Fsp3) is 0.389. The van der Waals surface area contributed by atoms with Crippen molar-refractivity contribution in [2.24, 2.45) is 5.92 Å². The zero-order valence-corrected chi connectivity index (χ0v) is 15.1. The number of anilines is 3. The zero-order valence-electron chi connectivity index (χ0n) is 14.4. The second-order valence-corrected chi connectivity index (χ2v) is 6.74. The van der Waals surface area contributed by atoms with Crippen molar-refractivity contribution in [3.63, 3.8) is 0 Å². The second kappa shape index (κ2) is 8.82. The Morgan fingerprint density at radius 3 is 2.88 bits per heavy atom. The molecule has 1 aromatic heterocycles. The van der Waals surface area contributed by atoms with E-state index in [0.29, 0.717) is 16.5 Å². The summed E-state index contributed by atoms with van der Waals surface area (Å²) in [6.07, 6.45) is 3.55. The largest absolute Gasteiger partial charge is 0.396 e. The van der Waals surface area contributed by atoms with Crippen LogP contribution in [0, 0.1) is 5.92 Å². The number of carbonyl (C=O) groups excluding carboxylic acids is 1. The van der Waals surface area contributed by atoms with Gasteiger partial charge in [-0.15, -0.1) is 0 Å². The van der Waals surface area contributed by atoms with Crippen LogP contribution in [-0.4, -0.2) is 47.2 Å². The van der Waals surface area contributed by atoms with Crippen molar-refractivity contribution in [2.45, 2.75) is 12.8 Å². The quantitative estimate of drug-likeness (QED) is 0.718. The summed E-state index contributed by atoms with van der Waals surface area (Å²) in [5.74, 6) is 1.50. The number of carbonyl (C=O) groups is 1. The lowest BCUT2D eigenvalue weighted by Crippen LogP contribution is -2.37. The van der Waals surface area contributed by atoms with Crippen molar-refractivity contribution in [3.05, 3.63) is 41.7 Å². The predicted molar refractivity (Wildman–Crippen MR) is 103 cm³/mol. The van der Waals surface area contributed by atoms with Crippen LogP contribution >= 0.6 is 11.6 Å². The van der Waals surface area contributed by atoms with Crippen LogP contribution in [0.2, 0.25) is 5.02 Å². The maximum absolute atomic E-state index is 12.1. The Kier molecular flexibility index (Phi) is 6.25. The lowest BCUT2D eigenvalue weighted by molar-refractivity contribution is -0.114. The van der Waals surface area contributed by atoms with Crippen molar-refractivity contribution < 1.29 is 9.90 Å². The predicted octanol–water partition coefficient (Wildman–Crippen LogP) is 2.39. The zero-order chi connectivity index (χ0) is 18.4. The molecular weight excluding hydrogens is 354 g/mol. The van der Waals surface area contributed by atoms with E-state index in [1.165, 1.54) is 6.33 Å². The average molecular weight is 376 g/mol. The van der Waals surface area contributed by atoms with E-state index < -0.39 is 0 Å². The Morgan fingerprint density at radius 1 is 1.31 bits per heavy atom. The van der Waals surface area contributed by atoms with Gasteiger partial charge >= 0.3 is 0 Å². The van der Waals surface area contributed by atoms with Crippen LogP contribution in [0.4, 0.5) is 17.3 Å². The minimum Gasteiger partial charge on any atom is -0.396 e. The van der Waals surface area contributed by atoms with E-state index in [9.17, 15) is 9.90 Å². The molecule has 8 heteroatoms. The monoisotopic (exact) mass is 375 g/mol. The molecule has 2 aromatic rings. The van der Waals surface area contributed by atoms with E-state index in [1.807, 2.05) is 6.07 Å². The fourth-order valence-electron chi connectivity index (χ4n) is 2.95. The van der Waals surface area contributed by atoms with Crippen LogP contribution in [0.25, 0.3) is 0 Å². The van der Waals surface area contributed by atoms with Gasteiger partial charge in [-0.3, -0.25) is 4.79 Å². The number of piperidine rings is 1. The van der Waals surface area contributed by atoms with E-state index in [4.69, 9.17) is 11.6 Å². The number of benzene rings is 1. The third kappa shape index (κ3) is 5.06. The number of amides is 1. The van der Waals surface area contributed by atoms with Crippen molar-refractivity contribution in [1.82, 2.24) is 9.97 Å². The minimum atomic E-state index is -0.175. The van der Waals surface area contributed by atoms with Crippen LogP contribution < -0.4 is 15.5 Å². The molecule has 1 unspecified atom stereocenters. The summed E-state index contributed by atoms with van der Waals surface area (Å²) in [4.78, 5) is 22.7. The van der Waals surface area contributed by atoms with Crippen molar-refractivity contribution in [1.29, 1.82) is 0 Å². The molecule has 1 fully saturated rings. The maximum Gasteiger partial charge on any atom is 0.243 e. The molecule has 1 aromatic carbocycles. The number of nitrogens with zero attached hydrogens (tertiary/aromatic N) is 3. The third-order valence-corrected chi connectivity index (χ3v) is 4.56. The molecule has 138 valence electrons. The first-order chi connectivity index (χ1) is 12.6. The van der Waals surface area contributed by atoms with Gasteiger partial charge in [-0.2, -0.15) is 0 Å². The van der Waals surface area contributed by atoms with Crippen molar-refractivity contribution in [3.8, 4) is 0 Å². The van der Waals surface area contributed by atoms with Crippen LogP contribution in [0.5, 0.6) is 0 Å². The molecule has 1 atom stereocenters. The van der Waals surface area contributed by atoms with E-state index >= 15 is 0 Å². The van der Waals surface area contributed by atoms with Gasteiger partial charge in [-0.25, -0.2) is 9.97 Å². The fourth-order valence-corrected chi connectivity index (χ4v) is 3.07. The average Bonchev–Trinajstić information content (AvgIpc) is 2.68. The van der Waals surface area contributed by atoms with Gasteiger partial charge in [0.1, 0.15) is 18.0 Å². The number of aliphatic hydroxyl groups excluding tert-OH is 1. The number of aromatic nitrogens is 2. The van der Waals surface area contributed by atoms with Crippen molar-refractivity contribution >= 4 is 34.8 Å². The molecule has 0 bridgehead atoms. The highest BCUT2D eigenvalue weighted by molar-refractivity contribution is 6.30. The Labute approximate surface area is 157 Å². The standard InChI is InChI=1S/C18H22ClN5O2/c19-14-3-5-15(6-4-14)23-18(26)9-20-16-8-17(22-12-21-16)24-7-1-2-13(10-24)11-25/h3-6,8,12-13,25H,1-2,7,9-11H2,(H,23,26)(H,20,21,22). The van der Waals surface area contributed by atoms with Crippen LogP contribution in [0.1, 0.15) is 12.8 Å². The van der Waals surface area contributed by atoms with Gasteiger partial charge in [-0.05, 0) is 43.0 Å². The number of aliphatic hydroxyl groups is 1. The molecule has 0 radical (unpaired) electrons. The summed E-state index contributed by atoms with van der Waals surface area (Å²) < 4.78 is 0. The van der Waals surface area contributed by atoms with Crippen LogP contribution in [0.3, 0.4) is 0 Å². The lowest BCUT2D eigenvalue weighted by atomic mass is 9.99. The summed E-state index contributed by atoms with van der Waals surface area (Å²) >= 11 is 5.83. The van der Waals surface area contributed by atoms with Gasteiger partial charge in [0, 0.05) is 36.5 Å². The number of halogens is 1.